The zero-order valence-electron chi connectivity index (χ0n) is 24.0. The maximum Gasteiger partial charge on any atom is 0.352 e. The average molecular weight is 677 g/mol. The van der Waals surface area contributed by atoms with E-state index in [0.29, 0.717) is 29.3 Å². The predicted octanol–water partition coefficient (Wildman–Crippen LogP) is -0.0655. The molecule has 3 amide bonds. The molecule has 238 valence electrons. The number of β-lactam (4-membered cyclic amide) rings is 1. The van der Waals surface area contributed by atoms with E-state index in [-0.39, 0.29) is 28.0 Å². The van der Waals surface area contributed by atoms with Crippen molar-refractivity contribution in [1.29, 1.82) is 0 Å². The van der Waals surface area contributed by atoms with Crippen LogP contribution in [0, 0.1) is 0 Å². The molecule has 0 radical (unpaired) electrons. The Kier molecular flexibility index (Phi) is 9.30. The van der Waals surface area contributed by atoms with Crippen LogP contribution in [0.4, 0.5) is 5.13 Å². The first kappa shape index (κ1) is 32.2. The van der Waals surface area contributed by atoms with E-state index in [1.165, 1.54) is 47.7 Å². The fourth-order valence-electron chi connectivity index (χ4n) is 4.40. The Bertz CT molecular complexity index is 1740. The molecule has 5 heterocycles. The lowest BCUT2D eigenvalue weighted by Gasteiger charge is -2.49. The molecule has 2 atom stereocenters. The van der Waals surface area contributed by atoms with Crippen LogP contribution in [0.5, 0.6) is 0 Å². The Labute approximate surface area is 267 Å². The minimum Gasteiger partial charge on any atom is -0.477 e. The first-order valence-corrected chi connectivity index (χ1v) is 16.0. The molecule has 0 spiro atoms. The molecule has 45 heavy (non-hydrogen) atoms. The van der Waals surface area contributed by atoms with Crippen LogP contribution >= 0.6 is 34.9 Å². The summed E-state index contributed by atoms with van der Waals surface area (Å²) in [4.78, 5) is 66.2. The maximum atomic E-state index is 13.4. The number of nitrogens with one attached hydrogen (secondary N) is 2. The van der Waals surface area contributed by atoms with E-state index < -0.39 is 40.7 Å². The monoisotopic (exact) mass is 676 g/mol. The van der Waals surface area contributed by atoms with Crippen LogP contribution in [-0.4, -0.2) is 94.6 Å². The molecule has 3 aromatic heterocycles. The smallest absolute Gasteiger partial charge is 0.352 e. The topological polar surface area (TPSA) is 242 Å². The van der Waals surface area contributed by atoms with Crippen molar-refractivity contribution in [2.75, 3.05) is 24.3 Å². The molecule has 3 aromatic rings. The number of rotatable bonds is 12. The third-order valence-electron chi connectivity index (χ3n) is 6.63. The number of aromatic nitrogens is 4. The van der Waals surface area contributed by atoms with Crippen molar-refractivity contribution in [3.8, 4) is 0 Å². The zero-order chi connectivity index (χ0) is 32.5. The van der Waals surface area contributed by atoms with Gasteiger partial charge in [-0.1, -0.05) is 5.16 Å². The van der Waals surface area contributed by atoms with Crippen molar-refractivity contribution >= 4 is 75.0 Å². The summed E-state index contributed by atoms with van der Waals surface area (Å²) < 4.78 is 6.85. The Balaban J connectivity index is 1.34. The SMILES string of the molecule is COCc1cc(SCC2=C(C(=O)O)N3C(=O)C(NC(=O)/C(=N\OC(C)(C)C(=O)NN)c4csc(N)n4)[C@H]3SC2)n2nccc2n1. The van der Waals surface area contributed by atoms with Gasteiger partial charge in [0.1, 0.15) is 27.8 Å². The number of thiazole rings is 1. The number of carbonyl (C=O) groups is 4. The van der Waals surface area contributed by atoms with Gasteiger partial charge in [-0.25, -0.2) is 25.1 Å². The van der Waals surface area contributed by atoms with E-state index in [9.17, 15) is 24.3 Å². The molecule has 20 heteroatoms. The highest BCUT2D eigenvalue weighted by Gasteiger charge is 2.54. The normalized spacial score (nSPS) is 18.4. The van der Waals surface area contributed by atoms with Gasteiger partial charge in [-0.2, -0.15) is 5.10 Å². The summed E-state index contributed by atoms with van der Waals surface area (Å²) in [7, 11) is 1.56. The highest BCUT2D eigenvalue weighted by atomic mass is 32.2. The summed E-state index contributed by atoms with van der Waals surface area (Å²) in [5.41, 5.74) is 7.56. The van der Waals surface area contributed by atoms with Crippen molar-refractivity contribution in [1.82, 2.24) is 35.2 Å². The number of fused-ring (bicyclic) bond motifs is 2. The number of nitrogen functional groups attached to an aromatic ring is 1. The predicted molar refractivity (Wildman–Crippen MR) is 165 cm³/mol. The van der Waals surface area contributed by atoms with Crippen LogP contribution in [0.25, 0.3) is 5.65 Å². The Morgan fingerprint density at radius 2 is 2.09 bits per heavy atom. The van der Waals surface area contributed by atoms with E-state index in [2.05, 4.69) is 25.5 Å². The third kappa shape index (κ3) is 6.45. The van der Waals surface area contributed by atoms with Crippen molar-refractivity contribution in [3.63, 3.8) is 0 Å². The van der Waals surface area contributed by atoms with Crippen LogP contribution in [0.15, 0.2) is 45.2 Å². The molecule has 1 unspecified atom stereocenters. The number of thioether (sulfide) groups is 2. The van der Waals surface area contributed by atoms with E-state index in [1.807, 2.05) is 11.5 Å². The zero-order valence-corrected chi connectivity index (χ0v) is 26.5. The molecule has 0 saturated carbocycles. The summed E-state index contributed by atoms with van der Waals surface area (Å²) in [5.74, 6) is 2.34. The van der Waals surface area contributed by atoms with E-state index in [0.717, 1.165) is 16.4 Å². The summed E-state index contributed by atoms with van der Waals surface area (Å²) in [6.45, 7) is 3.06. The molecule has 2 aliphatic heterocycles. The molecule has 0 aliphatic carbocycles. The molecular weight excluding hydrogens is 649 g/mol. The number of anilines is 1. The maximum absolute atomic E-state index is 13.4. The minimum atomic E-state index is -1.55. The van der Waals surface area contributed by atoms with Gasteiger partial charge in [0.2, 0.25) is 5.60 Å². The molecule has 17 nitrogen and oxygen atoms in total. The molecule has 0 bridgehead atoms. The lowest BCUT2D eigenvalue weighted by Crippen LogP contribution is -2.71. The fraction of sp³-hybridized carbons (Fsp3) is 0.360. The van der Waals surface area contributed by atoms with Crippen LogP contribution in [0.1, 0.15) is 25.2 Å². The van der Waals surface area contributed by atoms with Gasteiger partial charge in [-0.05, 0) is 25.5 Å². The van der Waals surface area contributed by atoms with E-state index >= 15 is 0 Å². The molecule has 5 rings (SSSR count). The minimum absolute atomic E-state index is 0.0559. The first-order chi connectivity index (χ1) is 21.4. The van der Waals surface area contributed by atoms with Gasteiger partial charge < -0.3 is 25.7 Å². The molecule has 1 saturated heterocycles. The van der Waals surface area contributed by atoms with Gasteiger partial charge in [0.25, 0.3) is 17.7 Å². The van der Waals surface area contributed by atoms with Crippen LogP contribution in [0.2, 0.25) is 0 Å². The van der Waals surface area contributed by atoms with Gasteiger partial charge in [0.15, 0.2) is 16.5 Å². The second kappa shape index (κ2) is 13.0. The number of hydrazine groups is 1. The lowest BCUT2D eigenvalue weighted by atomic mass is 10.0. The van der Waals surface area contributed by atoms with E-state index in [1.54, 1.807) is 23.9 Å². The number of amides is 3. The standard InChI is InChI=1S/C25H28N10O7S3/c1-25(2,23(40)32-27)42-33-16(13-10-45-24(26)30-13)19(36)31-17-20(37)34-18(22(38)39)11(9-44-21(17)34)8-43-15-6-12(7-41-3)29-14-4-5-28-35(14)15/h4-6,10,17,21H,7-9,27H2,1-3H3,(H2,26,30)(H,31,36)(H,32,40)(H,38,39)/b33-16-/t17?,21-/m1/s1. The van der Waals surface area contributed by atoms with Gasteiger partial charge in [0, 0.05) is 30.1 Å². The number of nitrogens with zero attached hydrogens (tertiary/aromatic N) is 6. The van der Waals surface area contributed by atoms with Gasteiger partial charge in [-0.15, -0.1) is 34.9 Å². The number of carbonyl (C=O) groups excluding carboxylic acids is 3. The van der Waals surface area contributed by atoms with Crippen molar-refractivity contribution in [2.24, 2.45) is 11.0 Å². The quantitative estimate of drug-likeness (QED) is 0.0321. The number of methoxy groups -OCH3 is 1. The summed E-state index contributed by atoms with van der Waals surface area (Å²) in [6.07, 6.45) is 1.61. The molecule has 0 aromatic carbocycles. The van der Waals surface area contributed by atoms with Crippen LogP contribution < -0.4 is 22.3 Å². The molecular formula is C25H28N10O7S3. The third-order valence-corrected chi connectivity index (χ3v) is 9.72. The number of carboxylic acids is 1. The van der Waals surface area contributed by atoms with Crippen LogP contribution in [-0.2, 0) is 35.4 Å². The lowest BCUT2D eigenvalue weighted by molar-refractivity contribution is -0.150. The Hall–Kier alpha value is -4.24. The van der Waals surface area contributed by atoms with Gasteiger partial charge in [-0.3, -0.25) is 24.7 Å². The number of ether oxygens (including phenoxy) is 1. The second-order valence-electron chi connectivity index (χ2n) is 10.1. The van der Waals surface area contributed by atoms with Crippen LogP contribution in [0.3, 0.4) is 0 Å². The number of hydrogen-bond donors (Lipinski definition) is 5. The Morgan fingerprint density at radius 3 is 2.76 bits per heavy atom. The number of carboxylic acid groups (broad SMARTS) is 1. The van der Waals surface area contributed by atoms with E-state index in [4.69, 9.17) is 21.2 Å². The second-order valence-corrected chi connectivity index (χ2v) is 13.1. The molecule has 2 aliphatic rings. The number of aliphatic carboxylic acids is 1. The van der Waals surface area contributed by atoms with Gasteiger partial charge >= 0.3 is 5.97 Å². The number of hydrogen-bond acceptors (Lipinski definition) is 15. The number of nitrogens with two attached hydrogens (primary N) is 2. The number of oxime groups is 1. The molecule has 7 N–H and O–H groups in total. The van der Waals surface area contributed by atoms with Crippen molar-refractivity contribution in [2.45, 2.75) is 42.5 Å². The summed E-state index contributed by atoms with van der Waals surface area (Å²) >= 11 is 3.72. The average Bonchev–Trinajstić information content (AvgIpc) is 3.66. The summed E-state index contributed by atoms with van der Waals surface area (Å²) in [6, 6.07) is 2.51. The molecule has 1 fully saturated rings. The Morgan fingerprint density at radius 1 is 1.31 bits per heavy atom. The summed E-state index contributed by atoms with van der Waals surface area (Å²) in [5, 5.41) is 22.5. The first-order valence-electron chi connectivity index (χ1n) is 13.1. The highest BCUT2D eigenvalue weighted by Crippen LogP contribution is 2.41. The van der Waals surface area contributed by atoms with Gasteiger partial charge in [0.05, 0.1) is 18.5 Å². The van der Waals surface area contributed by atoms with Crippen molar-refractivity contribution in [3.05, 3.63) is 46.4 Å². The van der Waals surface area contributed by atoms with Crippen molar-refractivity contribution < 1.29 is 33.9 Å². The largest absolute Gasteiger partial charge is 0.477 e. The fourth-order valence-corrected chi connectivity index (χ4v) is 7.47. The highest BCUT2D eigenvalue weighted by molar-refractivity contribution is 8.01.